The van der Waals surface area contributed by atoms with Crippen molar-refractivity contribution in [1.82, 2.24) is 5.32 Å². The van der Waals surface area contributed by atoms with E-state index in [2.05, 4.69) is 29.6 Å². The number of carbonyl (C=O) groups is 1. The van der Waals surface area contributed by atoms with Gasteiger partial charge in [0.25, 0.3) is 0 Å². The maximum absolute atomic E-state index is 12.0. The van der Waals surface area contributed by atoms with Crippen molar-refractivity contribution in [2.75, 3.05) is 6.54 Å². The number of hydrogen-bond donors (Lipinski definition) is 2. The maximum atomic E-state index is 12.0. The Balaban J connectivity index is 1.90. The van der Waals surface area contributed by atoms with E-state index in [0.717, 1.165) is 13.0 Å². The summed E-state index contributed by atoms with van der Waals surface area (Å²) in [7, 11) is 0. The van der Waals surface area contributed by atoms with E-state index in [-0.39, 0.29) is 23.3 Å². The number of benzene rings is 1. The molecule has 1 fully saturated rings. The van der Waals surface area contributed by atoms with E-state index in [1.165, 1.54) is 24.8 Å². The lowest BCUT2D eigenvalue weighted by atomic mass is 9.65. The molecule has 110 valence electrons. The molecule has 1 aromatic rings. The van der Waals surface area contributed by atoms with Gasteiger partial charge in [0.1, 0.15) is 0 Å². The first-order chi connectivity index (χ1) is 9.52. The summed E-state index contributed by atoms with van der Waals surface area (Å²) in [6.45, 7) is 4.55. The van der Waals surface area contributed by atoms with E-state index < -0.39 is 0 Å². The molecule has 0 radical (unpaired) electrons. The smallest absolute Gasteiger partial charge is 0.224 e. The lowest BCUT2D eigenvalue weighted by molar-refractivity contribution is -0.125. The number of carbonyl (C=O) groups excluding carboxylic acids is 1. The third-order valence-corrected chi connectivity index (χ3v) is 4.68. The lowest BCUT2D eigenvalue weighted by Gasteiger charge is -2.42. The summed E-state index contributed by atoms with van der Waals surface area (Å²) in [5, 5.41) is 3.11. The molecule has 1 aromatic carbocycles. The van der Waals surface area contributed by atoms with Crippen molar-refractivity contribution < 1.29 is 4.79 Å². The number of rotatable bonds is 6. The molecule has 3 N–H and O–H groups in total. The molecule has 0 spiro atoms. The zero-order valence-corrected chi connectivity index (χ0v) is 12.6. The van der Waals surface area contributed by atoms with E-state index in [0.29, 0.717) is 0 Å². The monoisotopic (exact) mass is 274 g/mol. The van der Waals surface area contributed by atoms with E-state index in [1.54, 1.807) is 0 Å². The van der Waals surface area contributed by atoms with Crippen molar-refractivity contribution in [1.29, 1.82) is 0 Å². The molecule has 2 unspecified atom stereocenters. The molecule has 20 heavy (non-hydrogen) atoms. The quantitative estimate of drug-likeness (QED) is 0.837. The van der Waals surface area contributed by atoms with Gasteiger partial charge in [-0.05, 0) is 37.2 Å². The predicted octanol–water partition coefficient (Wildman–Crippen LogP) is 2.50. The van der Waals surface area contributed by atoms with Gasteiger partial charge >= 0.3 is 0 Å². The predicted molar refractivity (Wildman–Crippen MR) is 82.3 cm³/mol. The fourth-order valence-electron chi connectivity index (χ4n) is 2.80. The number of hydrogen-bond acceptors (Lipinski definition) is 2. The van der Waals surface area contributed by atoms with Crippen LogP contribution in [0.1, 0.15) is 38.7 Å². The number of nitrogens with two attached hydrogens (primary N) is 1. The largest absolute Gasteiger partial charge is 0.355 e. The van der Waals surface area contributed by atoms with Crippen molar-refractivity contribution in [2.45, 2.75) is 45.6 Å². The van der Waals surface area contributed by atoms with Crippen LogP contribution < -0.4 is 11.1 Å². The molecule has 0 aromatic heterocycles. The molecular formula is C17H26N2O. The highest BCUT2D eigenvalue weighted by Crippen LogP contribution is 2.43. The van der Waals surface area contributed by atoms with Crippen LogP contribution >= 0.6 is 0 Å². The first-order valence-corrected chi connectivity index (χ1v) is 7.60. The standard InChI is InChI=1S/C17H26N2O/c1-13(14(2)18)16(20)19-12-17(9-6-10-17)11-15-7-4-3-5-8-15/h3-5,7-8,13-14H,6,9-12,18H2,1-2H3,(H,19,20). The molecule has 3 nitrogen and oxygen atoms in total. The minimum atomic E-state index is -0.121. The first kappa shape index (κ1) is 15.0. The van der Waals surface area contributed by atoms with Gasteiger partial charge in [0.05, 0.1) is 0 Å². The average molecular weight is 274 g/mol. The Bertz CT molecular complexity index is 438. The van der Waals surface area contributed by atoms with Crippen LogP contribution in [0.2, 0.25) is 0 Å². The van der Waals surface area contributed by atoms with Crippen LogP contribution in [0.3, 0.4) is 0 Å². The molecule has 2 rings (SSSR count). The van der Waals surface area contributed by atoms with Gasteiger partial charge in [-0.1, -0.05) is 43.7 Å². The third-order valence-electron chi connectivity index (χ3n) is 4.68. The molecule has 3 heteroatoms. The van der Waals surface area contributed by atoms with Crippen LogP contribution in [-0.2, 0) is 11.2 Å². The minimum Gasteiger partial charge on any atom is -0.355 e. The Kier molecular flexibility index (Phi) is 4.81. The molecule has 1 aliphatic rings. The summed E-state index contributed by atoms with van der Waals surface area (Å²) >= 11 is 0. The van der Waals surface area contributed by atoms with Crippen molar-refractivity contribution in [3.8, 4) is 0 Å². The number of amides is 1. The summed E-state index contributed by atoms with van der Waals surface area (Å²) in [4.78, 5) is 12.0. The Morgan fingerprint density at radius 2 is 1.95 bits per heavy atom. The second-order valence-corrected chi connectivity index (χ2v) is 6.38. The average Bonchev–Trinajstić information content (AvgIpc) is 2.41. The molecule has 1 amide bonds. The summed E-state index contributed by atoms with van der Waals surface area (Å²) < 4.78 is 0. The van der Waals surface area contributed by atoms with Crippen LogP contribution in [0, 0.1) is 11.3 Å². The Labute approximate surface area is 121 Å². The van der Waals surface area contributed by atoms with Crippen LogP contribution in [-0.4, -0.2) is 18.5 Å². The Hall–Kier alpha value is -1.35. The van der Waals surface area contributed by atoms with Crippen molar-refractivity contribution in [3.05, 3.63) is 35.9 Å². The summed E-state index contributed by atoms with van der Waals surface area (Å²) in [5.74, 6) is -0.0387. The summed E-state index contributed by atoms with van der Waals surface area (Å²) in [6.07, 6.45) is 4.73. The highest BCUT2D eigenvalue weighted by atomic mass is 16.1. The fraction of sp³-hybridized carbons (Fsp3) is 0.588. The first-order valence-electron chi connectivity index (χ1n) is 7.60. The molecule has 0 bridgehead atoms. The minimum absolute atomic E-state index is 0.0827. The van der Waals surface area contributed by atoms with Gasteiger partial charge in [0, 0.05) is 18.5 Å². The normalized spacial score (nSPS) is 19.8. The zero-order chi connectivity index (χ0) is 14.6. The fourth-order valence-corrected chi connectivity index (χ4v) is 2.80. The van der Waals surface area contributed by atoms with Gasteiger partial charge in [-0.15, -0.1) is 0 Å². The van der Waals surface area contributed by atoms with Gasteiger partial charge in [0.2, 0.25) is 5.91 Å². The van der Waals surface area contributed by atoms with Gasteiger partial charge in [-0.3, -0.25) is 4.79 Å². The molecular weight excluding hydrogens is 248 g/mol. The van der Waals surface area contributed by atoms with Crippen LogP contribution in [0.15, 0.2) is 30.3 Å². The van der Waals surface area contributed by atoms with E-state index >= 15 is 0 Å². The number of nitrogens with one attached hydrogen (secondary N) is 1. The Morgan fingerprint density at radius 1 is 1.30 bits per heavy atom. The van der Waals surface area contributed by atoms with E-state index in [4.69, 9.17) is 5.73 Å². The van der Waals surface area contributed by atoms with Gasteiger partial charge < -0.3 is 11.1 Å². The van der Waals surface area contributed by atoms with Gasteiger partial charge in [-0.2, -0.15) is 0 Å². The molecule has 1 saturated carbocycles. The van der Waals surface area contributed by atoms with E-state index in [9.17, 15) is 4.79 Å². The maximum Gasteiger partial charge on any atom is 0.224 e. The van der Waals surface area contributed by atoms with Gasteiger partial charge in [-0.25, -0.2) is 0 Å². The van der Waals surface area contributed by atoms with Crippen molar-refractivity contribution >= 4 is 5.91 Å². The second kappa shape index (κ2) is 6.40. The highest BCUT2D eigenvalue weighted by Gasteiger charge is 2.37. The molecule has 1 aliphatic carbocycles. The lowest BCUT2D eigenvalue weighted by Crippen LogP contribution is -2.47. The van der Waals surface area contributed by atoms with E-state index in [1.807, 2.05) is 19.9 Å². The SMILES string of the molecule is CC(N)C(C)C(=O)NCC1(Cc2ccccc2)CCC1. The molecule has 2 atom stereocenters. The topological polar surface area (TPSA) is 55.1 Å². The zero-order valence-electron chi connectivity index (χ0n) is 12.6. The van der Waals surface area contributed by atoms with Crippen LogP contribution in [0.5, 0.6) is 0 Å². The van der Waals surface area contributed by atoms with Crippen LogP contribution in [0.25, 0.3) is 0 Å². The van der Waals surface area contributed by atoms with Crippen molar-refractivity contribution in [2.24, 2.45) is 17.1 Å². The molecule has 0 aliphatic heterocycles. The van der Waals surface area contributed by atoms with Crippen molar-refractivity contribution in [3.63, 3.8) is 0 Å². The third kappa shape index (κ3) is 3.60. The molecule has 0 heterocycles. The summed E-state index contributed by atoms with van der Waals surface area (Å²) in [6, 6.07) is 10.5. The molecule has 0 saturated heterocycles. The Morgan fingerprint density at radius 3 is 2.45 bits per heavy atom. The second-order valence-electron chi connectivity index (χ2n) is 6.38. The summed E-state index contributed by atoms with van der Waals surface area (Å²) in [5.41, 5.74) is 7.41. The van der Waals surface area contributed by atoms with Gasteiger partial charge in [0.15, 0.2) is 0 Å². The van der Waals surface area contributed by atoms with Crippen LogP contribution in [0.4, 0.5) is 0 Å². The highest BCUT2D eigenvalue weighted by molar-refractivity contribution is 5.78.